The summed E-state index contributed by atoms with van der Waals surface area (Å²) in [6.45, 7) is 6.84. The number of carbonyl (C=O) groups excluding carboxylic acids is 1. The van der Waals surface area contributed by atoms with Crippen LogP contribution in [0.1, 0.15) is 33.3 Å². The summed E-state index contributed by atoms with van der Waals surface area (Å²) < 4.78 is 39.1. The maximum Gasteiger partial charge on any atom is 0.419 e. The van der Waals surface area contributed by atoms with Gasteiger partial charge in [0.2, 0.25) is 5.91 Å². The Bertz CT molecular complexity index is 526. The lowest BCUT2D eigenvalue weighted by atomic mass is 10.1. The molecule has 0 saturated heterocycles. The van der Waals surface area contributed by atoms with Gasteiger partial charge in [-0.15, -0.1) is 0 Å². The molecule has 4 nitrogen and oxygen atoms in total. The number of nitrogens with one attached hydrogen (secondary N) is 2. The average Bonchev–Trinajstić information content (AvgIpc) is 2.27. The molecular weight excluding hydrogens is 351 g/mol. The van der Waals surface area contributed by atoms with Crippen LogP contribution in [0.3, 0.4) is 0 Å². The summed E-state index contributed by atoms with van der Waals surface area (Å²) >= 11 is 2.95. The van der Waals surface area contributed by atoms with Crippen LogP contribution in [-0.4, -0.2) is 22.5 Å². The second-order valence-electron chi connectivity index (χ2n) is 5.65. The molecule has 1 amide bonds. The molecule has 1 aromatic rings. The summed E-state index contributed by atoms with van der Waals surface area (Å²) in [4.78, 5) is 15.6. The van der Waals surface area contributed by atoms with E-state index in [9.17, 15) is 18.0 Å². The van der Waals surface area contributed by atoms with E-state index in [1.807, 2.05) is 0 Å². The van der Waals surface area contributed by atoms with Gasteiger partial charge in [0.15, 0.2) is 0 Å². The first kappa shape index (κ1) is 17.7. The van der Waals surface area contributed by atoms with E-state index in [1.165, 1.54) is 13.1 Å². The van der Waals surface area contributed by atoms with Crippen LogP contribution in [0.5, 0.6) is 0 Å². The number of carbonyl (C=O) groups is 1. The molecule has 0 aliphatic rings. The van der Waals surface area contributed by atoms with E-state index in [4.69, 9.17) is 0 Å². The van der Waals surface area contributed by atoms with Crippen molar-refractivity contribution >= 4 is 27.7 Å². The van der Waals surface area contributed by atoms with Crippen molar-refractivity contribution in [2.24, 2.45) is 0 Å². The van der Waals surface area contributed by atoms with Gasteiger partial charge in [0.1, 0.15) is 11.9 Å². The number of amides is 1. The van der Waals surface area contributed by atoms with Crippen LogP contribution < -0.4 is 10.6 Å². The summed E-state index contributed by atoms with van der Waals surface area (Å²) in [6, 6.07) is 0.0722. The first-order valence-corrected chi connectivity index (χ1v) is 7.01. The lowest BCUT2D eigenvalue weighted by Crippen LogP contribution is -2.47. The van der Waals surface area contributed by atoms with Gasteiger partial charge in [-0.2, -0.15) is 13.2 Å². The van der Waals surface area contributed by atoms with Crippen molar-refractivity contribution in [3.8, 4) is 0 Å². The minimum atomic E-state index is -4.56. The zero-order valence-corrected chi connectivity index (χ0v) is 13.7. The number of pyridine rings is 1. The molecule has 0 aromatic carbocycles. The molecular formula is C13H17BrF3N3O. The largest absolute Gasteiger partial charge is 0.419 e. The number of rotatable bonds is 3. The standard InChI is InChI=1S/C13H17BrF3N3O/c1-7(11(21)20-12(2,3)4)19-10-9(13(15,16)17)5-8(14)6-18-10/h5-7H,1-4H3,(H,18,19)(H,20,21). The summed E-state index contributed by atoms with van der Waals surface area (Å²) in [5.74, 6) is -0.775. The van der Waals surface area contributed by atoms with E-state index in [0.717, 1.165) is 6.07 Å². The maximum absolute atomic E-state index is 12.9. The minimum absolute atomic E-state index is 0.215. The van der Waals surface area contributed by atoms with Gasteiger partial charge in [0.05, 0.1) is 5.56 Å². The maximum atomic E-state index is 12.9. The summed E-state index contributed by atoms with van der Waals surface area (Å²) in [5, 5.41) is 5.19. The second-order valence-corrected chi connectivity index (χ2v) is 6.57. The van der Waals surface area contributed by atoms with E-state index in [-0.39, 0.29) is 10.3 Å². The summed E-state index contributed by atoms with van der Waals surface area (Å²) in [7, 11) is 0. The third-order valence-electron chi connectivity index (χ3n) is 2.40. The van der Waals surface area contributed by atoms with Crippen molar-refractivity contribution in [2.45, 2.75) is 45.5 Å². The molecule has 0 bridgehead atoms. The number of hydrogen-bond acceptors (Lipinski definition) is 3. The van der Waals surface area contributed by atoms with Crippen LogP contribution >= 0.6 is 15.9 Å². The normalized spacial score (nSPS) is 13.7. The van der Waals surface area contributed by atoms with E-state index in [2.05, 4.69) is 31.5 Å². The Morgan fingerprint density at radius 1 is 1.33 bits per heavy atom. The molecule has 118 valence electrons. The lowest BCUT2D eigenvalue weighted by Gasteiger charge is -2.24. The Labute approximate surface area is 129 Å². The molecule has 8 heteroatoms. The number of nitrogens with zero attached hydrogens (tertiary/aromatic N) is 1. The number of alkyl halides is 3. The lowest BCUT2D eigenvalue weighted by molar-refractivity contribution is -0.137. The molecule has 1 heterocycles. The highest BCUT2D eigenvalue weighted by molar-refractivity contribution is 9.10. The highest BCUT2D eigenvalue weighted by atomic mass is 79.9. The summed E-state index contributed by atoms with van der Waals surface area (Å²) in [6.07, 6.45) is -3.31. The Hall–Kier alpha value is -1.31. The molecule has 0 radical (unpaired) electrons. The highest BCUT2D eigenvalue weighted by Crippen LogP contribution is 2.35. The fourth-order valence-electron chi connectivity index (χ4n) is 1.52. The van der Waals surface area contributed by atoms with E-state index >= 15 is 0 Å². The Morgan fingerprint density at radius 3 is 2.38 bits per heavy atom. The third kappa shape index (κ3) is 5.53. The fraction of sp³-hybridized carbons (Fsp3) is 0.538. The predicted molar refractivity (Wildman–Crippen MR) is 77.9 cm³/mol. The predicted octanol–water partition coefficient (Wildman–Crippen LogP) is 3.58. The number of halogens is 4. The van der Waals surface area contributed by atoms with Crippen LogP contribution in [0.4, 0.5) is 19.0 Å². The second kappa shape index (κ2) is 6.21. The quantitative estimate of drug-likeness (QED) is 0.858. The van der Waals surface area contributed by atoms with Crippen molar-refractivity contribution in [3.63, 3.8) is 0 Å². The SMILES string of the molecule is CC(Nc1ncc(Br)cc1C(F)(F)F)C(=O)NC(C)(C)C. The van der Waals surface area contributed by atoms with Crippen LogP contribution in [0.15, 0.2) is 16.7 Å². The Morgan fingerprint density at radius 2 is 1.90 bits per heavy atom. The van der Waals surface area contributed by atoms with Gasteiger partial charge in [-0.05, 0) is 49.7 Å². The van der Waals surface area contributed by atoms with Gasteiger partial charge in [0.25, 0.3) is 0 Å². The van der Waals surface area contributed by atoms with Gasteiger partial charge in [0, 0.05) is 16.2 Å². The molecule has 0 aliphatic carbocycles. The van der Waals surface area contributed by atoms with Crippen molar-refractivity contribution in [2.75, 3.05) is 5.32 Å². The van der Waals surface area contributed by atoms with Gasteiger partial charge >= 0.3 is 6.18 Å². The Balaban J connectivity index is 2.95. The Kier molecular flexibility index (Phi) is 5.25. The molecule has 0 saturated carbocycles. The van der Waals surface area contributed by atoms with Gasteiger partial charge < -0.3 is 10.6 Å². The molecule has 21 heavy (non-hydrogen) atoms. The topological polar surface area (TPSA) is 54.0 Å². The third-order valence-corrected chi connectivity index (χ3v) is 2.84. The molecule has 1 aromatic heterocycles. The van der Waals surface area contributed by atoms with Crippen LogP contribution in [-0.2, 0) is 11.0 Å². The molecule has 0 aliphatic heterocycles. The first-order chi connectivity index (χ1) is 9.40. The molecule has 2 N–H and O–H groups in total. The van der Waals surface area contributed by atoms with Gasteiger partial charge in [-0.25, -0.2) is 4.98 Å². The number of anilines is 1. The van der Waals surface area contributed by atoms with Crippen LogP contribution in [0, 0.1) is 0 Å². The molecule has 1 atom stereocenters. The zero-order valence-electron chi connectivity index (χ0n) is 12.1. The fourth-order valence-corrected chi connectivity index (χ4v) is 1.85. The van der Waals surface area contributed by atoms with Crippen LogP contribution in [0.25, 0.3) is 0 Å². The summed E-state index contributed by atoms with van der Waals surface area (Å²) in [5.41, 5.74) is -1.39. The zero-order chi connectivity index (χ0) is 16.4. The smallest absolute Gasteiger partial charge is 0.358 e. The highest BCUT2D eigenvalue weighted by Gasteiger charge is 2.35. The van der Waals surface area contributed by atoms with Crippen molar-refractivity contribution < 1.29 is 18.0 Å². The van der Waals surface area contributed by atoms with E-state index in [0.29, 0.717) is 0 Å². The monoisotopic (exact) mass is 367 g/mol. The minimum Gasteiger partial charge on any atom is -0.358 e. The van der Waals surface area contributed by atoms with Crippen LogP contribution in [0.2, 0.25) is 0 Å². The average molecular weight is 368 g/mol. The van der Waals surface area contributed by atoms with E-state index < -0.39 is 29.2 Å². The molecule has 0 spiro atoms. The molecule has 0 fully saturated rings. The van der Waals surface area contributed by atoms with Crippen molar-refractivity contribution in [1.29, 1.82) is 0 Å². The van der Waals surface area contributed by atoms with Gasteiger partial charge in [-0.1, -0.05) is 0 Å². The molecule has 1 rings (SSSR count). The van der Waals surface area contributed by atoms with E-state index in [1.54, 1.807) is 20.8 Å². The van der Waals surface area contributed by atoms with Crippen molar-refractivity contribution in [3.05, 3.63) is 22.3 Å². The molecule has 1 unspecified atom stereocenters. The van der Waals surface area contributed by atoms with Gasteiger partial charge in [-0.3, -0.25) is 4.79 Å². The first-order valence-electron chi connectivity index (χ1n) is 6.21. The number of hydrogen-bond donors (Lipinski definition) is 2. The number of aromatic nitrogens is 1. The van der Waals surface area contributed by atoms with Crippen molar-refractivity contribution in [1.82, 2.24) is 10.3 Å².